The predicted molar refractivity (Wildman–Crippen MR) is 71.0 cm³/mol. The summed E-state index contributed by atoms with van der Waals surface area (Å²) in [6, 6.07) is 9.22. The third-order valence-electron chi connectivity index (χ3n) is 2.60. The van der Waals surface area contributed by atoms with Crippen LogP contribution in [0, 0.1) is 5.82 Å². The van der Waals surface area contributed by atoms with E-state index in [2.05, 4.69) is 18.3 Å². The highest BCUT2D eigenvalue weighted by atomic mass is 35.5. The monoisotopic (exact) mass is 269 g/mol. The zero-order valence-corrected chi connectivity index (χ0v) is 11.0. The fraction of sp³-hybridized carbons (Fsp3) is 0.231. The van der Waals surface area contributed by atoms with E-state index in [1.54, 1.807) is 17.4 Å². The Bertz CT molecular complexity index is 484. The van der Waals surface area contributed by atoms with Gasteiger partial charge in [-0.1, -0.05) is 29.8 Å². The maximum atomic E-state index is 13.2. The molecule has 1 N–H and O–H groups in total. The van der Waals surface area contributed by atoms with Crippen LogP contribution in [0.25, 0.3) is 0 Å². The van der Waals surface area contributed by atoms with Gasteiger partial charge in [-0.2, -0.15) is 0 Å². The molecule has 0 aliphatic heterocycles. The van der Waals surface area contributed by atoms with Gasteiger partial charge in [-0.25, -0.2) is 4.39 Å². The van der Waals surface area contributed by atoms with Crippen molar-refractivity contribution in [1.82, 2.24) is 5.32 Å². The highest BCUT2D eigenvalue weighted by Crippen LogP contribution is 2.22. The van der Waals surface area contributed by atoms with Gasteiger partial charge in [0.2, 0.25) is 0 Å². The van der Waals surface area contributed by atoms with Gasteiger partial charge in [0, 0.05) is 17.5 Å². The molecule has 0 saturated heterocycles. The Labute approximate surface area is 109 Å². The molecule has 0 fully saturated rings. The van der Waals surface area contributed by atoms with Crippen LogP contribution in [-0.4, -0.2) is 0 Å². The number of hydrogen-bond acceptors (Lipinski definition) is 2. The maximum Gasteiger partial charge on any atom is 0.142 e. The van der Waals surface area contributed by atoms with Crippen LogP contribution in [0.4, 0.5) is 4.39 Å². The fourth-order valence-electron chi connectivity index (χ4n) is 1.59. The molecule has 0 unspecified atom stereocenters. The Kier molecular flexibility index (Phi) is 4.15. The standard InChI is InChI=1S/C13H13ClFNS/c1-9(12-6-3-7-17-12)16-8-10-4-2-5-11(15)13(10)14/h2-7,9,16H,8H2,1H3/t9-/m0/s1. The SMILES string of the molecule is C[C@H](NCc1cccc(F)c1Cl)c1cccs1. The summed E-state index contributed by atoms with van der Waals surface area (Å²) >= 11 is 7.59. The molecule has 0 radical (unpaired) electrons. The third kappa shape index (κ3) is 3.06. The zero-order valence-electron chi connectivity index (χ0n) is 9.41. The first-order valence-electron chi connectivity index (χ1n) is 5.38. The van der Waals surface area contributed by atoms with E-state index in [0.29, 0.717) is 6.54 Å². The van der Waals surface area contributed by atoms with Crippen LogP contribution in [0.1, 0.15) is 23.4 Å². The minimum atomic E-state index is -0.366. The number of thiophene rings is 1. The molecule has 0 bridgehead atoms. The van der Waals surface area contributed by atoms with Gasteiger partial charge in [0.25, 0.3) is 0 Å². The molecule has 1 nitrogen and oxygen atoms in total. The quantitative estimate of drug-likeness (QED) is 0.868. The lowest BCUT2D eigenvalue weighted by Crippen LogP contribution is -2.17. The average Bonchev–Trinajstić information content (AvgIpc) is 2.84. The van der Waals surface area contributed by atoms with Crippen molar-refractivity contribution in [3.63, 3.8) is 0 Å². The van der Waals surface area contributed by atoms with Gasteiger partial charge in [-0.15, -0.1) is 11.3 Å². The van der Waals surface area contributed by atoms with E-state index in [9.17, 15) is 4.39 Å². The Morgan fingerprint density at radius 1 is 1.35 bits per heavy atom. The van der Waals surface area contributed by atoms with Crippen molar-refractivity contribution in [2.75, 3.05) is 0 Å². The molecule has 1 heterocycles. The van der Waals surface area contributed by atoms with Gasteiger partial charge < -0.3 is 5.32 Å². The molecule has 2 aromatic rings. The van der Waals surface area contributed by atoms with E-state index in [-0.39, 0.29) is 16.9 Å². The van der Waals surface area contributed by atoms with Crippen LogP contribution in [0.2, 0.25) is 5.02 Å². The summed E-state index contributed by atoms with van der Waals surface area (Å²) in [5, 5.41) is 5.58. The molecule has 17 heavy (non-hydrogen) atoms. The topological polar surface area (TPSA) is 12.0 Å². The van der Waals surface area contributed by atoms with Crippen molar-refractivity contribution in [2.45, 2.75) is 19.5 Å². The first-order chi connectivity index (χ1) is 8.18. The predicted octanol–water partition coefficient (Wildman–Crippen LogP) is 4.39. The third-order valence-corrected chi connectivity index (χ3v) is 4.08. The molecule has 2 rings (SSSR count). The van der Waals surface area contributed by atoms with Crippen molar-refractivity contribution in [3.05, 3.63) is 57.0 Å². The van der Waals surface area contributed by atoms with E-state index >= 15 is 0 Å². The highest BCUT2D eigenvalue weighted by molar-refractivity contribution is 7.10. The smallest absolute Gasteiger partial charge is 0.142 e. The summed E-state index contributed by atoms with van der Waals surface area (Å²) in [7, 11) is 0. The van der Waals surface area contributed by atoms with E-state index in [0.717, 1.165) is 5.56 Å². The van der Waals surface area contributed by atoms with Crippen molar-refractivity contribution >= 4 is 22.9 Å². The lowest BCUT2D eigenvalue weighted by Gasteiger charge is -2.13. The van der Waals surface area contributed by atoms with Crippen LogP contribution in [0.5, 0.6) is 0 Å². The summed E-state index contributed by atoms with van der Waals surface area (Å²) in [4.78, 5) is 1.26. The van der Waals surface area contributed by atoms with Crippen molar-refractivity contribution in [1.29, 1.82) is 0 Å². The second kappa shape index (κ2) is 5.63. The summed E-state index contributed by atoms with van der Waals surface area (Å²) in [6.45, 7) is 2.65. The van der Waals surface area contributed by atoms with Crippen LogP contribution in [0.15, 0.2) is 35.7 Å². The van der Waals surface area contributed by atoms with Gasteiger partial charge in [-0.05, 0) is 30.0 Å². The molecule has 0 saturated carbocycles. The summed E-state index contributed by atoms with van der Waals surface area (Å²) in [6.07, 6.45) is 0. The van der Waals surface area contributed by atoms with Gasteiger partial charge >= 0.3 is 0 Å². The summed E-state index contributed by atoms with van der Waals surface area (Å²) < 4.78 is 13.2. The van der Waals surface area contributed by atoms with Crippen molar-refractivity contribution in [2.24, 2.45) is 0 Å². The first-order valence-corrected chi connectivity index (χ1v) is 6.64. The number of benzene rings is 1. The van der Waals surface area contributed by atoms with Gasteiger partial charge in [0.15, 0.2) is 0 Å². The van der Waals surface area contributed by atoms with Crippen LogP contribution < -0.4 is 5.32 Å². The Morgan fingerprint density at radius 3 is 2.88 bits per heavy atom. The average molecular weight is 270 g/mol. The normalized spacial score (nSPS) is 12.6. The number of hydrogen-bond donors (Lipinski definition) is 1. The fourth-order valence-corrected chi connectivity index (χ4v) is 2.54. The van der Waals surface area contributed by atoms with Crippen LogP contribution in [-0.2, 0) is 6.54 Å². The second-order valence-corrected chi connectivity index (χ2v) is 5.19. The van der Waals surface area contributed by atoms with Gasteiger partial charge in [-0.3, -0.25) is 0 Å². The minimum Gasteiger partial charge on any atom is -0.305 e. The first kappa shape index (κ1) is 12.6. The van der Waals surface area contributed by atoms with Crippen molar-refractivity contribution < 1.29 is 4.39 Å². The van der Waals surface area contributed by atoms with Gasteiger partial charge in [0.1, 0.15) is 5.82 Å². The Hall–Kier alpha value is -0.900. The largest absolute Gasteiger partial charge is 0.305 e. The van der Waals surface area contributed by atoms with Crippen LogP contribution >= 0.6 is 22.9 Å². The lowest BCUT2D eigenvalue weighted by molar-refractivity contribution is 0.576. The molecular weight excluding hydrogens is 257 g/mol. The molecule has 1 atom stereocenters. The summed E-state index contributed by atoms with van der Waals surface area (Å²) in [5.41, 5.74) is 0.787. The van der Waals surface area contributed by atoms with E-state index in [4.69, 9.17) is 11.6 Å². The highest BCUT2D eigenvalue weighted by Gasteiger charge is 2.09. The lowest BCUT2D eigenvalue weighted by atomic mass is 10.2. The Balaban J connectivity index is 2.00. The van der Waals surface area contributed by atoms with Crippen molar-refractivity contribution in [3.8, 4) is 0 Å². The molecule has 1 aromatic carbocycles. The number of rotatable bonds is 4. The Morgan fingerprint density at radius 2 is 2.18 bits per heavy atom. The number of nitrogens with one attached hydrogen (secondary N) is 1. The van der Waals surface area contributed by atoms with E-state index < -0.39 is 0 Å². The van der Waals surface area contributed by atoms with E-state index in [1.165, 1.54) is 10.9 Å². The van der Waals surface area contributed by atoms with Gasteiger partial charge in [0.05, 0.1) is 5.02 Å². The second-order valence-electron chi connectivity index (χ2n) is 3.83. The molecule has 1 aromatic heterocycles. The molecular formula is C13H13ClFNS. The number of halogens is 2. The molecule has 0 aliphatic carbocycles. The molecule has 0 aliphatic rings. The summed E-state index contributed by atoms with van der Waals surface area (Å²) in [5.74, 6) is -0.366. The maximum absolute atomic E-state index is 13.2. The zero-order chi connectivity index (χ0) is 12.3. The molecule has 90 valence electrons. The minimum absolute atomic E-state index is 0.207. The molecule has 4 heteroatoms. The van der Waals surface area contributed by atoms with E-state index in [1.807, 2.05) is 17.5 Å². The molecule has 0 spiro atoms. The molecule has 0 amide bonds. The van der Waals surface area contributed by atoms with Crippen LogP contribution in [0.3, 0.4) is 0 Å².